The van der Waals surface area contributed by atoms with E-state index in [1.54, 1.807) is 18.2 Å². The van der Waals surface area contributed by atoms with E-state index in [2.05, 4.69) is 0 Å². The molecule has 72 valence electrons. The van der Waals surface area contributed by atoms with Crippen LogP contribution in [0.1, 0.15) is 17.5 Å². The molecule has 1 aromatic rings. The van der Waals surface area contributed by atoms with E-state index in [1.807, 2.05) is 6.07 Å². The van der Waals surface area contributed by atoms with E-state index in [0.29, 0.717) is 17.5 Å². The van der Waals surface area contributed by atoms with Gasteiger partial charge in [0.05, 0.1) is 11.6 Å². The number of hydrogen-bond donors (Lipinski definition) is 1. The first-order valence-electron chi connectivity index (χ1n) is 4.25. The fraction of sp³-hybridized carbons (Fsp3) is 0.182. The van der Waals surface area contributed by atoms with E-state index < -0.39 is 5.82 Å². The predicted octanol–water partition coefficient (Wildman–Crippen LogP) is 2.09. The summed E-state index contributed by atoms with van der Waals surface area (Å²) in [5.74, 6) is -0.416. The van der Waals surface area contributed by atoms with Crippen LogP contribution in [0.3, 0.4) is 0 Å². The first kappa shape index (κ1) is 10.4. The molecule has 0 unspecified atom stereocenters. The third-order valence-corrected chi connectivity index (χ3v) is 1.73. The summed E-state index contributed by atoms with van der Waals surface area (Å²) in [6, 6.07) is 5.95. The minimum atomic E-state index is -0.416. The number of nitriles is 1. The quantitative estimate of drug-likeness (QED) is 0.795. The van der Waals surface area contributed by atoms with Gasteiger partial charge in [-0.3, -0.25) is 0 Å². The summed E-state index contributed by atoms with van der Waals surface area (Å²) in [7, 11) is 0. The molecule has 0 aliphatic carbocycles. The van der Waals surface area contributed by atoms with Crippen molar-refractivity contribution in [2.45, 2.75) is 6.42 Å². The Labute approximate surface area is 81.9 Å². The van der Waals surface area contributed by atoms with Crippen molar-refractivity contribution >= 4 is 6.08 Å². The highest BCUT2D eigenvalue weighted by Gasteiger charge is 1.99. The van der Waals surface area contributed by atoms with E-state index in [9.17, 15) is 4.39 Å². The lowest BCUT2D eigenvalue weighted by atomic mass is 10.1. The van der Waals surface area contributed by atoms with Crippen molar-refractivity contribution in [3.8, 4) is 6.07 Å². The molecule has 3 heteroatoms. The van der Waals surface area contributed by atoms with Crippen LogP contribution in [-0.4, -0.2) is 11.7 Å². The van der Waals surface area contributed by atoms with E-state index in [0.717, 1.165) is 0 Å². The maximum absolute atomic E-state index is 12.7. The molecule has 0 aliphatic heterocycles. The Morgan fingerprint density at radius 1 is 1.50 bits per heavy atom. The van der Waals surface area contributed by atoms with Gasteiger partial charge in [-0.2, -0.15) is 5.26 Å². The van der Waals surface area contributed by atoms with Crippen molar-refractivity contribution in [1.82, 2.24) is 0 Å². The van der Waals surface area contributed by atoms with Crippen LogP contribution in [0.2, 0.25) is 0 Å². The highest BCUT2D eigenvalue weighted by Crippen LogP contribution is 2.12. The van der Waals surface area contributed by atoms with Crippen LogP contribution in [-0.2, 0) is 0 Å². The molecule has 0 fully saturated rings. The lowest BCUT2D eigenvalue weighted by Crippen LogP contribution is -1.84. The number of halogens is 1. The molecular formula is C11H10FNO. The van der Waals surface area contributed by atoms with Gasteiger partial charge in [0.15, 0.2) is 0 Å². The lowest BCUT2D eigenvalue weighted by molar-refractivity contribution is 0.303. The molecule has 2 nitrogen and oxygen atoms in total. The van der Waals surface area contributed by atoms with Gasteiger partial charge < -0.3 is 5.11 Å². The number of aliphatic hydroxyl groups is 1. The summed E-state index contributed by atoms with van der Waals surface area (Å²) < 4.78 is 12.7. The highest BCUT2D eigenvalue weighted by atomic mass is 19.1. The smallest absolute Gasteiger partial charge is 0.124 e. The molecule has 0 saturated heterocycles. The average molecular weight is 191 g/mol. The van der Waals surface area contributed by atoms with Crippen LogP contribution in [0.4, 0.5) is 4.39 Å². The second kappa shape index (κ2) is 5.15. The second-order valence-electron chi connectivity index (χ2n) is 2.76. The fourth-order valence-electron chi connectivity index (χ4n) is 1.06. The molecule has 0 bridgehead atoms. The standard InChI is InChI=1S/C11H10FNO/c12-11-5-4-9(3-1-2-6-14)10(7-11)8-13/h1,3-5,7,14H,2,6H2. The molecule has 0 aliphatic rings. The molecule has 0 heterocycles. The van der Waals surface area contributed by atoms with Crippen molar-refractivity contribution in [1.29, 1.82) is 5.26 Å². The maximum atomic E-state index is 12.7. The Morgan fingerprint density at radius 3 is 2.93 bits per heavy atom. The first-order valence-corrected chi connectivity index (χ1v) is 4.25. The van der Waals surface area contributed by atoms with Gasteiger partial charge in [-0.15, -0.1) is 0 Å². The van der Waals surface area contributed by atoms with Crippen LogP contribution in [0, 0.1) is 17.1 Å². The van der Waals surface area contributed by atoms with E-state index in [-0.39, 0.29) is 6.61 Å². The van der Waals surface area contributed by atoms with Gasteiger partial charge in [0.25, 0.3) is 0 Å². The van der Waals surface area contributed by atoms with Gasteiger partial charge in [-0.1, -0.05) is 18.2 Å². The van der Waals surface area contributed by atoms with Crippen LogP contribution >= 0.6 is 0 Å². The van der Waals surface area contributed by atoms with Crippen molar-refractivity contribution in [3.63, 3.8) is 0 Å². The molecule has 1 rings (SSSR count). The molecule has 0 spiro atoms. The zero-order valence-corrected chi connectivity index (χ0v) is 7.57. The highest BCUT2D eigenvalue weighted by molar-refractivity contribution is 5.57. The van der Waals surface area contributed by atoms with Gasteiger partial charge >= 0.3 is 0 Å². The van der Waals surface area contributed by atoms with E-state index >= 15 is 0 Å². The summed E-state index contributed by atoms with van der Waals surface area (Å²) in [6.45, 7) is 0.0690. The van der Waals surface area contributed by atoms with Crippen molar-refractivity contribution in [2.24, 2.45) is 0 Å². The minimum absolute atomic E-state index is 0.0690. The number of hydrogen-bond acceptors (Lipinski definition) is 2. The second-order valence-corrected chi connectivity index (χ2v) is 2.76. The number of benzene rings is 1. The molecule has 14 heavy (non-hydrogen) atoms. The van der Waals surface area contributed by atoms with Gasteiger partial charge in [0.1, 0.15) is 5.82 Å². The summed E-state index contributed by atoms with van der Waals surface area (Å²) >= 11 is 0. The van der Waals surface area contributed by atoms with Gasteiger partial charge in [-0.25, -0.2) is 4.39 Å². The first-order chi connectivity index (χ1) is 6.77. The van der Waals surface area contributed by atoms with E-state index in [1.165, 1.54) is 12.1 Å². The SMILES string of the molecule is N#Cc1cc(F)ccc1C=CCCO. The maximum Gasteiger partial charge on any atom is 0.124 e. The topological polar surface area (TPSA) is 44.0 Å². The van der Waals surface area contributed by atoms with E-state index in [4.69, 9.17) is 10.4 Å². The molecule has 0 saturated carbocycles. The van der Waals surface area contributed by atoms with Crippen LogP contribution in [0.25, 0.3) is 6.08 Å². The Hall–Kier alpha value is -1.66. The number of nitrogens with zero attached hydrogens (tertiary/aromatic N) is 1. The zero-order valence-electron chi connectivity index (χ0n) is 7.57. The third kappa shape index (κ3) is 2.68. The fourth-order valence-corrected chi connectivity index (χ4v) is 1.06. The molecule has 0 atom stereocenters. The Balaban J connectivity index is 2.92. The Morgan fingerprint density at radius 2 is 2.29 bits per heavy atom. The summed E-state index contributed by atoms with van der Waals surface area (Å²) in [5.41, 5.74) is 0.974. The van der Waals surface area contributed by atoms with Gasteiger partial charge in [0, 0.05) is 6.61 Å². The lowest BCUT2D eigenvalue weighted by Gasteiger charge is -1.97. The number of aliphatic hydroxyl groups excluding tert-OH is 1. The Bertz CT molecular complexity index is 379. The molecule has 1 aromatic carbocycles. The van der Waals surface area contributed by atoms with Crippen LogP contribution in [0.15, 0.2) is 24.3 Å². The van der Waals surface area contributed by atoms with Crippen LogP contribution in [0.5, 0.6) is 0 Å². The monoisotopic (exact) mass is 191 g/mol. The largest absolute Gasteiger partial charge is 0.396 e. The number of rotatable bonds is 3. The molecular weight excluding hydrogens is 181 g/mol. The van der Waals surface area contributed by atoms with Crippen molar-refractivity contribution < 1.29 is 9.50 Å². The summed E-state index contributed by atoms with van der Waals surface area (Å²) in [4.78, 5) is 0. The van der Waals surface area contributed by atoms with Gasteiger partial charge in [-0.05, 0) is 24.1 Å². The summed E-state index contributed by atoms with van der Waals surface area (Å²) in [5, 5.41) is 17.2. The molecule has 1 N–H and O–H groups in total. The van der Waals surface area contributed by atoms with Crippen molar-refractivity contribution in [3.05, 3.63) is 41.2 Å². The molecule has 0 amide bonds. The molecule has 0 radical (unpaired) electrons. The predicted molar refractivity (Wildman–Crippen MR) is 51.9 cm³/mol. The zero-order chi connectivity index (χ0) is 10.4. The summed E-state index contributed by atoms with van der Waals surface area (Å²) in [6.07, 6.45) is 3.98. The molecule has 0 aromatic heterocycles. The van der Waals surface area contributed by atoms with Crippen LogP contribution < -0.4 is 0 Å². The normalized spacial score (nSPS) is 10.4. The Kier molecular flexibility index (Phi) is 3.84. The minimum Gasteiger partial charge on any atom is -0.396 e. The van der Waals surface area contributed by atoms with Gasteiger partial charge in [0.2, 0.25) is 0 Å². The average Bonchev–Trinajstić information content (AvgIpc) is 2.20. The third-order valence-electron chi connectivity index (χ3n) is 1.73. The van der Waals surface area contributed by atoms with Crippen molar-refractivity contribution in [2.75, 3.05) is 6.61 Å².